The molecule has 1 aromatic heterocycles. The lowest BCUT2D eigenvalue weighted by molar-refractivity contribution is 0.398. The summed E-state index contributed by atoms with van der Waals surface area (Å²) in [7, 11) is 5.60. The van der Waals surface area contributed by atoms with Gasteiger partial charge in [-0.05, 0) is 17.7 Å². The maximum absolute atomic E-state index is 5.27. The van der Waals surface area contributed by atoms with Gasteiger partial charge in [0.1, 0.15) is 0 Å². The van der Waals surface area contributed by atoms with Gasteiger partial charge in [-0.15, -0.1) is 0 Å². The van der Waals surface area contributed by atoms with Crippen molar-refractivity contribution in [1.82, 2.24) is 9.97 Å². The molecule has 0 saturated carbocycles. The largest absolute Gasteiger partial charge is 0.481 e. The number of rotatable bonds is 6. The Kier molecular flexibility index (Phi) is 5.43. The van der Waals surface area contributed by atoms with Crippen LogP contribution in [0.1, 0.15) is 5.56 Å². The third-order valence-electron chi connectivity index (χ3n) is 3.75. The molecule has 0 bridgehead atoms. The lowest BCUT2D eigenvalue weighted by Crippen LogP contribution is -2.08. The summed E-state index contributed by atoms with van der Waals surface area (Å²) < 4.78 is 5.27. The number of benzene rings is 2. The number of methoxy groups -OCH3 is 1. The molecule has 26 heavy (non-hydrogen) atoms. The minimum absolute atomic E-state index is 0.479. The van der Waals surface area contributed by atoms with Gasteiger partial charge in [0.2, 0.25) is 5.88 Å². The summed E-state index contributed by atoms with van der Waals surface area (Å²) >= 11 is 0. The smallest absolute Gasteiger partial charge is 0.218 e. The molecule has 2 aromatic carbocycles. The van der Waals surface area contributed by atoms with Crippen molar-refractivity contribution >= 4 is 17.7 Å². The number of nitrogens with zero attached hydrogens (tertiary/aromatic N) is 4. The third kappa shape index (κ3) is 4.36. The Morgan fingerprint density at radius 1 is 1.00 bits per heavy atom. The Hall–Kier alpha value is -3.41. The molecule has 0 unspecified atom stereocenters. The number of nitrogens with one attached hydrogen (secondary N) is 1. The Balaban J connectivity index is 1.76. The van der Waals surface area contributed by atoms with Crippen molar-refractivity contribution in [3.63, 3.8) is 0 Å². The molecule has 3 aromatic rings. The summed E-state index contributed by atoms with van der Waals surface area (Å²) in [6, 6.07) is 19.6. The summed E-state index contributed by atoms with van der Waals surface area (Å²) in [6.07, 6.45) is 1.75. The molecular weight excluding hydrogens is 326 g/mol. The molecule has 0 spiro atoms. The fourth-order valence-electron chi connectivity index (χ4n) is 2.33. The Morgan fingerprint density at radius 2 is 1.73 bits per heavy atom. The van der Waals surface area contributed by atoms with Crippen LogP contribution in [0.4, 0.5) is 11.5 Å². The van der Waals surface area contributed by atoms with Gasteiger partial charge in [-0.2, -0.15) is 10.1 Å². The predicted molar refractivity (Wildman–Crippen MR) is 106 cm³/mol. The highest BCUT2D eigenvalue weighted by Gasteiger charge is 2.06. The van der Waals surface area contributed by atoms with E-state index in [-0.39, 0.29) is 0 Å². The van der Waals surface area contributed by atoms with Crippen molar-refractivity contribution in [1.29, 1.82) is 0 Å². The minimum Gasteiger partial charge on any atom is -0.481 e. The molecule has 0 aliphatic heterocycles. The van der Waals surface area contributed by atoms with E-state index in [9.17, 15) is 0 Å². The predicted octanol–water partition coefficient (Wildman–Crippen LogP) is 3.66. The van der Waals surface area contributed by atoms with E-state index in [1.54, 1.807) is 19.4 Å². The van der Waals surface area contributed by atoms with Crippen LogP contribution in [0.2, 0.25) is 0 Å². The molecule has 1 heterocycles. The Bertz CT molecular complexity index is 876. The SMILES string of the molecule is COc1cc(N/N=C/c2ccc(N(C)C)cc2)nc(-c2ccccc2)n1. The van der Waals surface area contributed by atoms with Gasteiger partial charge in [0, 0.05) is 31.4 Å². The molecule has 0 aliphatic carbocycles. The maximum atomic E-state index is 5.27. The molecule has 0 saturated heterocycles. The summed E-state index contributed by atoms with van der Waals surface area (Å²) in [5.74, 6) is 1.63. The van der Waals surface area contributed by atoms with E-state index in [0.29, 0.717) is 17.5 Å². The van der Waals surface area contributed by atoms with Crippen molar-refractivity contribution in [3.05, 3.63) is 66.2 Å². The zero-order valence-electron chi connectivity index (χ0n) is 15.0. The minimum atomic E-state index is 0.479. The first-order valence-corrected chi connectivity index (χ1v) is 8.20. The van der Waals surface area contributed by atoms with Gasteiger partial charge in [-0.3, -0.25) is 5.43 Å². The van der Waals surface area contributed by atoms with Gasteiger partial charge < -0.3 is 9.64 Å². The van der Waals surface area contributed by atoms with E-state index in [4.69, 9.17) is 4.74 Å². The molecule has 6 nitrogen and oxygen atoms in total. The fraction of sp³-hybridized carbons (Fsp3) is 0.150. The zero-order chi connectivity index (χ0) is 18.4. The monoisotopic (exact) mass is 347 g/mol. The molecule has 6 heteroatoms. The van der Waals surface area contributed by atoms with Crippen LogP contribution in [0.25, 0.3) is 11.4 Å². The van der Waals surface area contributed by atoms with Crippen LogP contribution < -0.4 is 15.1 Å². The first-order valence-electron chi connectivity index (χ1n) is 8.20. The summed E-state index contributed by atoms with van der Waals surface area (Å²) in [5, 5.41) is 4.26. The summed E-state index contributed by atoms with van der Waals surface area (Å²) in [4.78, 5) is 10.9. The van der Waals surface area contributed by atoms with Crippen molar-refractivity contribution in [3.8, 4) is 17.3 Å². The number of aromatic nitrogens is 2. The molecule has 132 valence electrons. The van der Waals surface area contributed by atoms with Crippen LogP contribution in [-0.4, -0.2) is 37.4 Å². The normalized spacial score (nSPS) is 10.7. The molecule has 0 aliphatic rings. The van der Waals surface area contributed by atoms with Crippen molar-refractivity contribution < 1.29 is 4.74 Å². The van der Waals surface area contributed by atoms with Crippen LogP contribution in [0.3, 0.4) is 0 Å². The van der Waals surface area contributed by atoms with E-state index < -0.39 is 0 Å². The van der Waals surface area contributed by atoms with Crippen LogP contribution in [0.15, 0.2) is 65.8 Å². The van der Waals surface area contributed by atoms with Gasteiger partial charge in [-0.25, -0.2) is 4.98 Å². The molecule has 3 rings (SSSR count). The number of anilines is 2. The standard InChI is InChI=1S/C20H21N5O/c1-25(2)17-11-9-15(10-12-17)14-21-24-18-13-19(26-3)23-20(22-18)16-7-5-4-6-8-16/h4-14H,1-3H3,(H,22,23,24)/b21-14+. The first kappa shape index (κ1) is 17.4. The lowest BCUT2D eigenvalue weighted by Gasteiger charge is -2.11. The summed E-state index contributed by atoms with van der Waals surface area (Å²) in [5.41, 5.74) is 5.99. The van der Waals surface area contributed by atoms with Crippen LogP contribution >= 0.6 is 0 Å². The van der Waals surface area contributed by atoms with Crippen molar-refractivity contribution in [2.45, 2.75) is 0 Å². The van der Waals surface area contributed by atoms with Crippen LogP contribution in [0.5, 0.6) is 5.88 Å². The number of hydrogen-bond donors (Lipinski definition) is 1. The quantitative estimate of drug-likeness (QED) is 0.544. The average Bonchev–Trinajstić information content (AvgIpc) is 2.69. The van der Waals surface area contributed by atoms with Crippen LogP contribution in [0, 0.1) is 0 Å². The zero-order valence-corrected chi connectivity index (χ0v) is 15.0. The van der Waals surface area contributed by atoms with E-state index in [1.807, 2.05) is 68.7 Å². The molecule has 0 atom stereocenters. The fourth-order valence-corrected chi connectivity index (χ4v) is 2.33. The van der Waals surface area contributed by atoms with Crippen LogP contribution in [-0.2, 0) is 0 Å². The van der Waals surface area contributed by atoms with Gasteiger partial charge in [0.15, 0.2) is 11.6 Å². The molecule has 0 radical (unpaired) electrons. The highest BCUT2D eigenvalue weighted by molar-refractivity contribution is 5.80. The molecule has 1 N–H and O–H groups in total. The van der Waals surface area contributed by atoms with Gasteiger partial charge in [0.05, 0.1) is 13.3 Å². The maximum Gasteiger partial charge on any atom is 0.218 e. The van der Waals surface area contributed by atoms with E-state index in [0.717, 1.165) is 16.8 Å². The second-order valence-corrected chi connectivity index (χ2v) is 5.84. The molecular formula is C20H21N5O. The number of hydrazone groups is 1. The second-order valence-electron chi connectivity index (χ2n) is 5.84. The van der Waals surface area contributed by atoms with Gasteiger partial charge in [0.25, 0.3) is 0 Å². The lowest BCUT2D eigenvalue weighted by atomic mass is 10.2. The average molecular weight is 347 g/mol. The molecule has 0 amide bonds. The molecule has 0 fully saturated rings. The number of hydrogen-bond acceptors (Lipinski definition) is 6. The van der Waals surface area contributed by atoms with E-state index in [1.165, 1.54) is 0 Å². The second kappa shape index (κ2) is 8.11. The number of ether oxygens (including phenoxy) is 1. The van der Waals surface area contributed by atoms with E-state index >= 15 is 0 Å². The highest BCUT2D eigenvalue weighted by atomic mass is 16.5. The Labute approximate surface area is 153 Å². The van der Waals surface area contributed by atoms with Crippen molar-refractivity contribution in [2.24, 2.45) is 5.10 Å². The van der Waals surface area contributed by atoms with Gasteiger partial charge in [-0.1, -0.05) is 42.5 Å². The van der Waals surface area contributed by atoms with E-state index in [2.05, 4.69) is 25.4 Å². The highest BCUT2D eigenvalue weighted by Crippen LogP contribution is 2.21. The Morgan fingerprint density at radius 3 is 2.38 bits per heavy atom. The van der Waals surface area contributed by atoms with Gasteiger partial charge >= 0.3 is 0 Å². The first-order chi connectivity index (χ1) is 12.7. The topological polar surface area (TPSA) is 62.6 Å². The summed E-state index contributed by atoms with van der Waals surface area (Å²) in [6.45, 7) is 0. The third-order valence-corrected chi connectivity index (χ3v) is 3.75. The van der Waals surface area contributed by atoms with Crippen molar-refractivity contribution in [2.75, 3.05) is 31.5 Å².